The molecule has 29 heavy (non-hydrogen) atoms. The largest absolute Gasteiger partial charge is 0.449 e. The van der Waals surface area contributed by atoms with E-state index in [4.69, 9.17) is 9.26 Å². The molecule has 1 fully saturated rings. The van der Waals surface area contributed by atoms with Crippen LogP contribution in [0.15, 0.2) is 39.8 Å². The van der Waals surface area contributed by atoms with Crippen LogP contribution in [0.3, 0.4) is 0 Å². The number of carbonyl (C=O) groups is 2. The van der Waals surface area contributed by atoms with Gasteiger partial charge in [0.15, 0.2) is 6.10 Å². The monoisotopic (exact) mass is 416 g/mol. The molecule has 0 radical (unpaired) electrons. The predicted molar refractivity (Wildman–Crippen MR) is 112 cm³/mol. The summed E-state index contributed by atoms with van der Waals surface area (Å²) in [6, 6.07) is 9.10. The third-order valence-electron chi connectivity index (χ3n) is 5.10. The highest BCUT2D eigenvalue weighted by Crippen LogP contribution is 2.27. The van der Waals surface area contributed by atoms with E-state index in [0.29, 0.717) is 23.8 Å². The summed E-state index contributed by atoms with van der Waals surface area (Å²) in [5.41, 5.74) is 1.26. The third-order valence-corrected chi connectivity index (χ3v) is 6.21. The van der Waals surface area contributed by atoms with Gasteiger partial charge in [-0.3, -0.25) is 4.79 Å². The number of hydrogen-bond donors (Lipinski definition) is 1. The summed E-state index contributed by atoms with van der Waals surface area (Å²) < 4.78 is 10.5. The second kappa shape index (κ2) is 10.5. The second-order valence-electron chi connectivity index (χ2n) is 7.51. The molecule has 1 aliphatic carbocycles. The molecule has 2 aromatic rings. The van der Waals surface area contributed by atoms with Crippen LogP contribution in [0.4, 0.5) is 0 Å². The fourth-order valence-electron chi connectivity index (χ4n) is 3.46. The first-order chi connectivity index (χ1) is 14.0. The van der Waals surface area contributed by atoms with Crippen LogP contribution in [0, 0.1) is 12.8 Å². The maximum atomic E-state index is 12.7. The van der Waals surface area contributed by atoms with E-state index in [0.717, 1.165) is 29.2 Å². The minimum absolute atomic E-state index is 0.243. The molecule has 0 saturated heterocycles. The van der Waals surface area contributed by atoms with Crippen molar-refractivity contribution in [3.63, 3.8) is 0 Å². The molecule has 1 aliphatic rings. The van der Waals surface area contributed by atoms with E-state index in [1.165, 1.54) is 31.0 Å². The van der Waals surface area contributed by atoms with E-state index in [1.807, 2.05) is 25.1 Å². The summed E-state index contributed by atoms with van der Waals surface area (Å²) in [4.78, 5) is 25.8. The molecular weight excluding hydrogens is 388 g/mol. The standard InChI is InChI=1S/C22H28N2O4S/c1-15-12-18(24-28-15)14-29-20-11-7-6-10-19(20)22(26)27-16(2)21(25)23-13-17-8-4-3-5-9-17/h6-7,10-12,16-17H,3-5,8-9,13-14H2,1-2H3,(H,23,25)/t16-/m1/s1. The quantitative estimate of drug-likeness (QED) is 0.503. The fraction of sp³-hybridized carbons (Fsp3) is 0.500. The van der Waals surface area contributed by atoms with Gasteiger partial charge in [0.1, 0.15) is 5.76 Å². The molecule has 1 saturated carbocycles. The highest BCUT2D eigenvalue weighted by atomic mass is 32.2. The number of hydrogen-bond acceptors (Lipinski definition) is 6. The number of aryl methyl sites for hydroxylation is 1. The number of rotatable bonds is 8. The Labute approximate surface area is 175 Å². The number of esters is 1. The Hall–Kier alpha value is -2.28. The molecule has 7 heteroatoms. The molecule has 1 amide bonds. The number of nitrogens with one attached hydrogen (secondary N) is 1. The van der Waals surface area contributed by atoms with Crippen molar-refractivity contribution < 1.29 is 18.8 Å². The molecule has 1 N–H and O–H groups in total. The van der Waals surface area contributed by atoms with E-state index in [-0.39, 0.29) is 5.91 Å². The Morgan fingerprint density at radius 2 is 2.03 bits per heavy atom. The molecule has 1 aromatic carbocycles. The zero-order valence-corrected chi connectivity index (χ0v) is 17.8. The van der Waals surface area contributed by atoms with Gasteiger partial charge in [-0.15, -0.1) is 11.8 Å². The highest BCUT2D eigenvalue weighted by Gasteiger charge is 2.22. The zero-order valence-electron chi connectivity index (χ0n) is 17.0. The smallest absolute Gasteiger partial charge is 0.340 e. The summed E-state index contributed by atoms with van der Waals surface area (Å²) in [7, 11) is 0. The van der Waals surface area contributed by atoms with Gasteiger partial charge in [-0.05, 0) is 44.7 Å². The number of benzene rings is 1. The first kappa shape index (κ1) is 21.4. The van der Waals surface area contributed by atoms with Crippen molar-refractivity contribution in [3.05, 3.63) is 47.3 Å². The normalized spacial score (nSPS) is 15.7. The predicted octanol–water partition coefficient (Wildman–Crippen LogP) is 4.52. The van der Waals surface area contributed by atoms with Crippen LogP contribution < -0.4 is 5.32 Å². The van der Waals surface area contributed by atoms with Crippen LogP contribution in [0.25, 0.3) is 0 Å². The lowest BCUT2D eigenvalue weighted by Gasteiger charge is -2.22. The summed E-state index contributed by atoms with van der Waals surface area (Å²) in [5, 5.41) is 6.90. The number of amides is 1. The number of nitrogens with zero attached hydrogens (tertiary/aromatic N) is 1. The van der Waals surface area contributed by atoms with Gasteiger partial charge in [0.25, 0.3) is 5.91 Å². The van der Waals surface area contributed by atoms with E-state index >= 15 is 0 Å². The summed E-state index contributed by atoms with van der Waals surface area (Å²) >= 11 is 1.48. The zero-order chi connectivity index (χ0) is 20.6. The Morgan fingerprint density at radius 1 is 1.28 bits per heavy atom. The molecule has 1 aromatic heterocycles. The van der Waals surface area contributed by atoms with Crippen LogP contribution in [-0.4, -0.2) is 29.7 Å². The van der Waals surface area contributed by atoms with E-state index in [2.05, 4.69) is 10.5 Å². The molecular formula is C22H28N2O4S. The summed E-state index contributed by atoms with van der Waals surface area (Å²) in [6.45, 7) is 4.11. The lowest BCUT2D eigenvalue weighted by Crippen LogP contribution is -2.38. The van der Waals surface area contributed by atoms with Gasteiger partial charge in [0.05, 0.1) is 11.3 Å². The highest BCUT2D eigenvalue weighted by molar-refractivity contribution is 7.98. The first-order valence-corrected chi connectivity index (χ1v) is 11.1. The van der Waals surface area contributed by atoms with Gasteiger partial charge in [0, 0.05) is 23.3 Å². The van der Waals surface area contributed by atoms with Gasteiger partial charge in [-0.1, -0.05) is 36.6 Å². The molecule has 156 valence electrons. The molecule has 0 aliphatic heterocycles. The molecule has 0 spiro atoms. The summed E-state index contributed by atoms with van der Waals surface area (Å²) in [6.07, 6.45) is 5.23. The van der Waals surface area contributed by atoms with E-state index in [9.17, 15) is 9.59 Å². The minimum atomic E-state index is -0.831. The third kappa shape index (κ3) is 6.35. The Morgan fingerprint density at radius 3 is 2.76 bits per heavy atom. The lowest BCUT2D eigenvalue weighted by molar-refractivity contribution is -0.129. The Bertz CT molecular complexity index is 830. The van der Waals surface area contributed by atoms with Gasteiger partial charge in [0.2, 0.25) is 0 Å². The first-order valence-electron chi connectivity index (χ1n) is 10.2. The van der Waals surface area contributed by atoms with Crippen LogP contribution in [0.5, 0.6) is 0 Å². The maximum Gasteiger partial charge on any atom is 0.340 e. The number of ether oxygens (including phenoxy) is 1. The van der Waals surface area contributed by atoms with E-state index < -0.39 is 12.1 Å². The molecule has 1 atom stereocenters. The van der Waals surface area contributed by atoms with Crippen molar-refractivity contribution in [1.82, 2.24) is 10.5 Å². The van der Waals surface area contributed by atoms with Gasteiger partial charge < -0.3 is 14.6 Å². The van der Waals surface area contributed by atoms with Crippen molar-refractivity contribution in [3.8, 4) is 0 Å². The van der Waals surface area contributed by atoms with Crippen molar-refractivity contribution >= 4 is 23.6 Å². The average molecular weight is 417 g/mol. The Kier molecular flexibility index (Phi) is 7.75. The second-order valence-corrected chi connectivity index (χ2v) is 8.53. The van der Waals surface area contributed by atoms with E-state index in [1.54, 1.807) is 19.1 Å². The van der Waals surface area contributed by atoms with Crippen LogP contribution >= 0.6 is 11.8 Å². The van der Waals surface area contributed by atoms with Crippen molar-refractivity contribution in [2.45, 2.75) is 62.7 Å². The van der Waals surface area contributed by atoms with Gasteiger partial charge in [-0.2, -0.15) is 0 Å². The van der Waals surface area contributed by atoms with Crippen molar-refractivity contribution in [2.75, 3.05) is 6.54 Å². The van der Waals surface area contributed by atoms with Crippen molar-refractivity contribution in [2.24, 2.45) is 5.92 Å². The molecule has 3 rings (SSSR count). The SMILES string of the molecule is Cc1cc(CSc2ccccc2C(=O)O[C@H](C)C(=O)NCC2CCCCC2)no1. The lowest BCUT2D eigenvalue weighted by atomic mass is 9.89. The van der Waals surface area contributed by atoms with Crippen LogP contribution in [0.2, 0.25) is 0 Å². The fourth-order valence-corrected chi connectivity index (χ4v) is 4.38. The van der Waals surface area contributed by atoms with Gasteiger partial charge in [-0.25, -0.2) is 4.79 Å². The van der Waals surface area contributed by atoms with Crippen LogP contribution in [0.1, 0.15) is 60.8 Å². The number of aromatic nitrogens is 1. The minimum Gasteiger partial charge on any atom is -0.449 e. The summed E-state index contributed by atoms with van der Waals surface area (Å²) in [5.74, 6) is 1.13. The molecule has 6 nitrogen and oxygen atoms in total. The topological polar surface area (TPSA) is 81.4 Å². The molecule has 0 unspecified atom stereocenters. The maximum absolute atomic E-state index is 12.7. The average Bonchev–Trinajstić information content (AvgIpc) is 3.16. The number of thioether (sulfide) groups is 1. The Balaban J connectivity index is 1.53. The van der Waals surface area contributed by atoms with Crippen LogP contribution in [-0.2, 0) is 15.3 Å². The molecule has 0 bridgehead atoms. The van der Waals surface area contributed by atoms with Crippen molar-refractivity contribution in [1.29, 1.82) is 0 Å². The number of carbonyl (C=O) groups excluding carboxylic acids is 2. The molecule has 1 heterocycles. The van der Waals surface area contributed by atoms with Gasteiger partial charge >= 0.3 is 5.97 Å².